The minimum Gasteiger partial charge on any atom is -0.481 e. The normalized spacial score (nSPS) is 24.7. The monoisotopic (exact) mass is 288 g/mol. The lowest BCUT2D eigenvalue weighted by molar-refractivity contribution is -0.142. The third-order valence-electron chi connectivity index (χ3n) is 4.67. The number of nitrogens with one attached hydrogen (secondary N) is 1. The first-order valence-corrected chi connectivity index (χ1v) is 7.44. The van der Waals surface area contributed by atoms with E-state index in [0.717, 1.165) is 19.5 Å². The molecule has 21 heavy (non-hydrogen) atoms. The van der Waals surface area contributed by atoms with E-state index in [1.54, 1.807) is 4.90 Å². The maximum Gasteiger partial charge on any atom is 0.308 e. The number of rotatable bonds is 2. The molecule has 0 spiro atoms. The van der Waals surface area contributed by atoms with Crippen LogP contribution >= 0.6 is 0 Å². The molecule has 112 valence electrons. The number of fused-ring (bicyclic) bond motifs is 1. The van der Waals surface area contributed by atoms with E-state index in [9.17, 15) is 9.59 Å². The minimum absolute atomic E-state index is 0.0559. The molecule has 2 aliphatic heterocycles. The van der Waals surface area contributed by atoms with Crippen molar-refractivity contribution >= 4 is 11.9 Å². The fourth-order valence-corrected chi connectivity index (χ4v) is 3.34. The van der Waals surface area contributed by atoms with Gasteiger partial charge in [0.15, 0.2) is 0 Å². The number of carboxylic acids is 1. The van der Waals surface area contributed by atoms with Crippen LogP contribution in [0.3, 0.4) is 0 Å². The third kappa shape index (κ3) is 2.53. The standard InChI is InChI=1S/C16H20N2O3/c1-10-14(16(20)21)5-7-18(10)15(19)12-3-2-11-4-6-17-9-13(11)8-12/h2-3,8,10,14,17H,4-7,9H2,1H3,(H,20,21). The van der Waals surface area contributed by atoms with E-state index < -0.39 is 11.9 Å². The molecular weight excluding hydrogens is 268 g/mol. The Bertz CT molecular complexity index is 585. The van der Waals surface area contributed by atoms with E-state index in [1.165, 1.54) is 11.1 Å². The number of carbonyl (C=O) groups is 2. The maximum absolute atomic E-state index is 12.6. The summed E-state index contributed by atoms with van der Waals surface area (Å²) in [7, 11) is 0. The fourth-order valence-electron chi connectivity index (χ4n) is 3.34. The van der Waals surface area contributed by atoms with Gasteiger partial charge in [-0.25, -0.2) is 0 Å². The Balaban J connectivity index is 1.81. The van der Waals surface area contributed by atoms with E-state index in [4.69, 9.17) is 5.11 Å². The molecule has 2 atom stereocenters. The van der Waals surface area contributed by atoms with E-state index >= 15 is 0 Å². The summed E-state index contributed by atoms with van der Waals surface area (Å²) < 4.78 is 0. The van der Waals surface area contributed by atoms with Gasteiger partial charge in [-0.05, 0) is 49.6 Å². The van der Waals surface area contributed by atoms with Crippen LogP contribution in [0.2, 0.25) is 0 Å². The first-order chi connectivity index (χ1) is 10.1. The maximum atomic E-state index is 12.6. The van der Waals surface area contributed by atoms with Crippen molar-refractivity contribution in [3.05, 3.63) is 34.9 Å². The molecule has 1 saturated heterocycles. The lowest BCUT2D eigenvalue weighted by Gasteiger charge is -2.24. The van der Waals surface area contributed by atoms with E-state index in [-0.39, 0.29) is 11.9 Å². The number of likely N-dealkylation sites (tertiary alicyclic amines) is 1. The van der Waals surface area contributed by atoms with Crippen LogP contribution in [-0.4, -0.2) is 41.0 Å². The lowest BCUT2D eigenvalue weighted by atomic mass is 9.98. The molecule has 5 nitrogen and oxygen atoms in total. The molecule has 2 aliphatic rings. The average Bonchev–Trinajstić information content (AvgIpc) is 2.88. The van der Waals surface area contributed by atoms with Crippen molar-refractivity contribution < 1.29 is 14.7 Å². The molecule has 0 aromatic heterocycles. The van der Waals surface area contributed by atoms with Crippen molar-refractivity contribution in [3.63, 3.8) is 0 Å². The van der Waals surface area contributed by atoms with Gasteiger partial charge in [-0.3, -0.25) is 9.59 Å². The summed E-state index contributed by atoms with van der Waals surface area (Å²) >= 11 is 0. The average molecular weight is 288 g/mol. The van der Waals surface area contributed by atoms with Crippen molar-refractivity contribution in [1.82, 2.24) is 10.2 Å². The molecule has 0 aliphatic carbocycles. The minimum atomic E-state index is -0.813. The molecule has 3 rings (SSSR count). The number of carbonyl (C=O) groups excluding carboxylic acids is 1. The number of aliphatic carboxylic acids is 1. The lowest BCUT2D eigenvalue weighted by Crippen LogP contribution is -2.37. The molecule has 0 radical (unpaired) electrons. The number of carboxylic acid groups (broad SMARTS) is 1. The van der Waals surface area contributed by atoms with Gasteiger partial charge in [-0.2, -0.15) is 0 Å². The van der Waals surface area contributed by atoms with Gasteiger partial charge in [0.1, 0.15) is 0 Å². The second-order valence-corrected chi connectivity index (χ2v) is 5.88. The summed E-state index contributed by atoms with van der Waals surface area (Å²) in [4.78, 5) is 25.5. The molecular formula is C16H20N2O3. The van der Waals surface area contributed by atoms with Crippen LogP contribution in [0.25, 0.3) is 0 Å². The Labute approximate surface area is 123 Å². The highest BCUT2D eigenvalue weighted by Crippen LogP contribution is 2.27. The molecule has 1 aromatic rings. The Morgan fingerprint density at radius 2 is 2.14 bits per heavy atom. The smallest absolute Gasteiger partial charge is 0.308 e. The summed E-state index contributed by atoms with van der Waals surface area (Å²) in [5.74, 6) is -1.32. The second-order valence-electron chi connectivity index (χ2n) is 5.88. The highest BCUT2D eigenvalue weighted by molar-refractivity contribution is 5.95. The number of hydrogen-bond donors (Lipinski definition) is 2. The molecule has 2 N–H and O–H groups in total. The van der Waals surface area contributed by atoms with Gasteiger partial charge in [0.05, 0.1) is 5.92 Å². The van der Waals surface area contributed by atoms with Crippen molar-refractivity contribution in [2.75, 3.05) is 13.1 Å². The van der Waals surface area contributed by atoms with Crippen LogP contribution in [0.5, 0.6) is 0 Å². The zero-order valence-corrected chi connectivity index (χ0v) is 12.1. The number of amides is 1. The van der Waals surface area contributed by atoms with Crippen LogP contribution in [0, 0.1) is 5.92 Å². The summed E-state index contributed by atoms with van der Waals surface area (Å²) in [6, 6.07) is 5.60. The SMILES string of the molecule is CC1C(C(=O)O)CCN1C(=O)c1ccc2c(c1)CNCC2. The predicted octanol–water partition coefficient (Wildman–Crippen LogP) is 1.27. The molecule has 1 aromatic carbocycles. The van der Waals surface area contributed by atoms with Crippen molar-refractivity contribution in [3.8, 4) is 0 Å². The van der Waals surface area contributed by atoms with Gasteiger partial charge in [-0.1, -0.05) is 6.07 Å². The molecule has 1 fully saturated rings. The zero-order valence-electron chi connectivity index (χ0n) is 12.1. The first-order valence-electron chi connectivity index (χ1n) is 7.44. The summed E-state index contributed by atoms with van der Waals surface area (Å²) in [5, 5.41) is 12.5. The van der Waals surface area contributed by atoms with Crippen LogP contribution < -0.4 is 5.32 Å². The van der Waals surface area contributed by atoms with Gasteiger partial charge in [-0.15, -0.1) is 0 Å². The molecule has 0 bridgehead atoms. The number of hydrogen-bond acceptors (Lipinski definition) is 3. The second kappa shape index (κ2) is 5.48. The Hall–Kier alpha value is -1.88. The highest BCUT2D eigenvalue weighted by Gasteiger charge is 2.38. The van der Waals surface area contributed by atoms with Crippen molar-refractivity contribution in [2.24, 2.45) is 5.92 Å². The molecule has 2 heterocycles. The van der Waals surface area contributed by atoms with Gasteiger partial charge in [0, 0.05) is 24.7 Å². The largest absolute Gasteiger partial charge is 0.481 e. The fraction of sp³-hybridized carbons (Fsp3) is 0.500. The van der Waals surface area contributed by atoms with Crippen LogP contribution in [0.4, 0.5) is 0 Å². The molecule has 0 saturated carbocycles. The number of benzene rings is 1. The van der Waals surface area contributed by atoms with Gasteiger partial charge < -0.3 is 15.3 Å². The Morgan fingerprint density at radius 3 is 2.86 bits per heavy atom. The summed E-state index contributed by atoms with van der Waals surface area (Å²) in [5.41, 5.74) is 3.13. The van der Waals surface area contributed by atoms with Gasteiger partial charge >= 0.3 is 5.97 Å². The number of nitrogens with zero attached hydrogens (tertiary/aromatic N) is 1. The Morgan fingerprint density at radius 1 is 1.33 bits per heavy atom. The topological polar surface area (TPSA) is 69.6 Å². The quantitative estimate of drug-likeness (QED) is 0.860. The van der Waals surface area contributed by atoms with E-state index in [1.807, 2.05) is 25.1 Å². The third-order valence-corrected chi connectivity index (χ3v) is 4.67. The highest BCUT2D eigenvalue weighted by atomic mass is 16.4. The summed E-state index contributed by atoms with van der Waals surface area (Å²) in [6.45, 7) is 4.11. The van der Waals surface area contributed by atoms with Crippen LogP contribution in [0.15, 0.2) is 18.2 Å². The van der Waals surface area contributed by atoms with E-state index in [2.05, 4.69) is 5.32 Å². The van der Waals surface area contributed by atoms with Crippen molar-refractivity contribution in [2.45, 2.75) is 32.4 Å². The molecule has 1 amide bonds. The van der Waals surface area contributed by atoms with Crippen molar-refractivity contribution in [1.29, 1.82) is 0 Å². The zero-order chi connectivity index (χ0) is 15.0. The summed E-state index contributed by atoms with van der Waals surface area (Å²) in [6.07, 6.45) is 1.53. The molecule has 5 heteroatoms. The first kappa shape index (κ1) is 14.1. The van der Waals surface area contributed by atoms with E-state index in [0.29, 0.717) is 18.5 Å². The Kier molecular flexibility index (Phi) is 3.68. The van der Waals surface area contributed by atoms with Gasteiger partial charge in [0.2, 0.25) is 0 Å². The van der Waals surface area contributed by atoms with Crippen LogP contribution in [0.1, 0.15) is 34.8 Å². The predicted molar refractivity (Wildman–Crippen MR) is 78.1 cm³/mol. The molecule has 2 unspecified atom stereocenters. The van der Waals surface area contributed by atoms with Gasteiger partial charge in [0.25, 0.3) is 5.91 Å². The van der Waals surface area contributed by atoms with Crippen LogP contribution in [-0.2, 0) is 17.8 Å².